The van der Waals surface area contributed by atoms with Crippen LogP contribution in [0, 0.1) is 0 Å². The summed E-state index contributed by atoms with van der Waals surface area (Å²) >= 11 is 0. The molecule has 0 saturated carbocycles. The van der Waals surface area contributed by atoms with Crippen LogP contribution in [0.3, 0.4) is 0 Å². The van der Waals surface area contributed by atoms with Crippen LogP contribution in [0.25, 0.3) is 0 Å². The van der Waals surface area contributed by atoms with Crippen LogP contribution < -0.4 is 9.62 Å². The lowest BCUT2D eigenvalue weighted by Crippen LogP contribution is -2.27. The maximum absolute atomic E-state index is 12.5. The van der Waals surface area contributed by atoms with Crippen molar-refractivity contribution in [1.29, 1.82) is 0 Å². The standard InChI is InChI=1S/C20H24N2O3S/c1-3-16-5-7-17(8-6-16)15(2)21-20(23)18-9-11-19(12-10-18)22-13-4-14-26(22,24)25/h5-12,15H,3-4,13-14H2,1-2H3,(H,21,23). The number of aryl methyl sites for hydroxylation is 1. The summed E-state index contributed by atoms with van der Waals surface area (Å²) in [5.41, 5.74) is 3.44. The Labute approximate surface area is 155 Å². The Morgan fingerprint density at radius 3 is 2.31 bits per heavy atom. The van der Waals surface area contributed by atoms with Crippen LogP contribution in [-0.2, 0) is 16.4 Å². The fraction of sp³-hybridized carbons (Fsp3) is 0.350. The molecule has 0 aliphatic carbocycles. The SMILES string of the molecule is CCc1ccc(C(C)NC(=O)c2ccc(N3CCCS3(=O)=O)cc2)cc1. The van der Waals surface area contributed by atoms with Crippen molar-refractivity contribution >= 4 is 21.6 Å². The summed E-state index contributed by atoms with van der Waals surface area (Å²) in [5.74, 6) is 0.0109. The molecule has 5 nitrogen and oxygen atoms in total. The molecule has 1 aliphatic rings. The number of benzene rings is 2. The number of hydrogen-bond acceptors (Lipinski definition) is 3. The van der Waals surface area contributed by atoms with E-state index in [1.807, 2.05) is 19.1 Å². The topological polar surface area (TPSA) is 66.5 Å². The minimum atomic E-state index is -3.20. The number of hydrogen-bond donors (Lipinski definition) is 1. The van der Waals surface area contributed by atoms with E-state index in [1.165, 1.54) is 9.87 Å². The number of carbonyl (C=O) groups excluding carboxylic acids is 1. The molecule has 3 rings (SSSR count). The number of carbonyl (C=O) groups is 1. The summed E-state index contributed by atoms with van der Waals surface area (Å²) in [4.78, 5) is 12.5. The van der Waals surface area contributed by atoms with Crippen LogP contribution in [-0.4, -0.2) is 26.6 Å². The second-order valence-corrected chi connectivity index (χ2v) is 8.59. The molecule has 1 atom stereocenters. The van der Waals surface area contributed by atoms with Crippen LogP contribution >= 0.6 is 0 Å². The average Bonchev–Trinajstić information content (AvgIpc) is 3.01. The number of amides is 1. The zero-order valence-electron chi connectivity index (χ0n) is 15.1. The number of anilines is 1. The van der Waals surface area contributed by atoms with E-state index in [9.17, 15) is 13.2 Å². The molecular formula is C20H24N2O3S. The molecule has 26 heavy (non-hydrogen) atoms. The summed E-state index contributed by atoms with van der Waals surface area (Å²) in [6, 6.07) is 14.8. The fourth-order valence-corrected chi connectivity index (χ4v) is 4.68. The molecule has 0 spiro atoms. The highest BCUT2D eigenvalue weighted by Crippen LogP contribution is 2.24. The van der Waals surface area contributed by atoms with Crippen LogP contribution in [0.4, 0.5) is 5.69 Å². The fourth-order valence-electron chi connectivity index (χ4n) is 3.11. The molecule has 1 amide bonds. The number of nitrogens with one attached hydrogen (secondary N) is 1. The van der Waals surface area contributed by atoms with Gasteiger partial charge in [-0.1, -0.05) is 31.2 Å². The minimum Gasteiger partial charge on any atom is -0.346 e. The van der Waals surface area contributed by atoms with Crippen LogP contribution in [0.1, 0.15) is 47.8 Å². The van der Waals surface area contributed by atoms with Gasteiger partial charge in [0.1, 0.15) is 0 Å². The Bertz CT molecular complexity index is 874. The van der Waals surface area contributed by atoms with Crippen molar-refractivity contribution in [3.8, 4) is 0 Å². The predicted octanol–water partition coefficient (Wildman–Crippen LogP) is 3.28. The van der Waals surface area contributed by atoms with Crippen molar-refractivity contribution in [2.75, 3.05) is 16.6 Å². The van der Waals surface area contributed by atoms with E-state index < -0.39 is 10.0 Å². The first-order valence-electron chi connectivity index (χ1n) is 8.91. The zero-order chi connectivity index (χ0) is 18.7. The van der Waals surface area contributed by atoms with Gasteiger partial charge in [-0.15, -0.1) is 0 Å². The molecule has 2 aromatic rings. The summed E-state index contributed by atoms with van der Waals surface area (Å²) in [5, 5.41) is 2.98. The Kier molecular flexibility index (Phi) is 5.32. The van der Waals surface area contributed by atoms with Gasteiger partial charge in [0, 0.05) is 12.1 Å². The summed E-state index contributed by atoms with van der Waals surface area (Å²) in [7, 11) is -3.20. The van der Waals surface area contributed by atoms with Gasteiger partial charge in [-0.25, -0.2) is 8.42 Å². The van der Waals surface area contributed by atoms with Crippen LogP contribution in [0.2, 0.25) is 0 Å². The van der Waals surface area contributed by atoms with Gasteiger partial charge in [-0.2, -0.15) is 0 Å². The lowest BCUT2D eigenvalue weighted by atomic mass is 10.0. The van der Waals surface area contributed by atoms with Crippen molar-refractivity contribution in [3.05, 3.63) is 65.2 Å². The van der Waals surface area contributed by atoms with E-state index in [-0.39, 0.29) is 17.7 Å². The summed E-state index contributed by atoms with van der Waals surface area (Å²) in [6.07, 6.45) is 1.62. The van der Waals surface area contributed by atoms with E-state index in [0.717, 1.165) is 12.0 Å². The third kappa shape index (κ3) is 3.90. The van der Waals surface area contributed by atoms with E-state index in [0.29, 0.717) is 24.2 Å². The molecule has 2 aromatic carbocycles. The Morgan fingerprint density at radius 2 is 1.77 bits per heavy atom. The second-order valence-electron chi connectivity index (χ2n) is 6.58. The molecule has 1 heterocycles. The first kappa shape index (κ1) is 18.5. The summed E-state index contributed by atoms with van der Waals surface area (Å²) in [6.45, 7) is 4.56. The monoisotopic (exact) mass is 372 g/mol. The van der Waals surface area contributed by atoms with Crippen LogP contribution in [0.5, 0.6) is 0 Å². The molecule has 6 heteroatoms. The normalized spacial score (nSPS) is 17.1. The molecule has 0 radical (unpaired) electrons. The summed E-state index contributed by atoms with van der Waals surface area (Å²) < 4.78 is 25.4. The van der Waals surface area contributed by atoms with Gasteiger partial charge >= 0.3 is 0 Å². The van der Waals surface area contributed by atoms with Gasteiger partial charge in [0.25, 0.3) is 5.91 Å². The Morgan fingerprint density at radius 1 is 1.12 bits per heavy atom. The molecule has 1 N–H and O–H groups in total. The number of nitrogens with zero attached hydrogens (tertiary/aromatic N) is 1. The van der Waals surface area contributed by atoms with E-state index in [4.69, 9.17) is 0 Å². The van der Waals surface area contributed by atoms with E-state index in [2.05, 4.69) is 24.4 Å². The second kappa shape index (κ2) is 7.50. The third-order valence-corrected chi connectivity index (χ3v) is 6.62. The lowest BCUT2D eigenvalue weighted by molar-refractivity contribution is 0.0940. The smallest absolute Gasteiger partial charge is 0.251 e. The molecule has 1 fully saturated rings. The largest absolute Gasteiger partial charge is 0.346 e. The van der Waals surface area contributed by atoms with Crippen molar-refractivity contribution in [2.24, 2.45) is 0 Å². The van der Waals surface area contributed by atoms with Crippen molar-refractivity contribution in [2.45, 2.75) is 32.7 Å². The Balaban J connectivity index is 1.67. The van der Waals surface area contributed by atoms with Gasteiger partial charge < -0.3 is 5.32 Å². The molecule has 1 saturated heterocycles. The van der Waals surface area contributed by atoms with Gasteiger partial charge in [-0.3, -0.25) is 9.10 Å². The van der Waals surface area contributed by atoms with E-state index >= 15 is 0 Å². The molecular weight excluding hydrogens is 348 g/mol. The molecule has 1 aliphatic heterocycles. The number of sulfonamides is 1. The minimum absolute atomic E-state index is 0.105. The van der Waals surface area contributed by atoms with Crippen molar-refractivity contribution in [1.82, 2.24) is 5.32 Å². The first-order valence-corrected chi connectivity index (χ1v) is 10.5. The third-order valence-electron chi connectivity index (χ3n) is 4.75. The highest BCUT2D eigenvalue weighted by molar-refractivity contribution is 7.93. The zero-order valence-corrected chi connectivity index (χ0v) is 15.9. The van der Waals surface area contributed by atoms with Crippen LogP contribution in [0.15, 0.2) is 48.5 Å². The van der Waals surface area contributed by atoms with Gasteiger partial charge in [0.15, 0.2) is 0 Å². The van der Waals surface area contributed by atoms with E-state index in [1.54, 1.807) is 24.3 Å². The molecule has 138 valence electrons. The molecule has 1 unspecified atom stereocenters. The van der Waals surface area contributed by atoms with Gasteiger partial charge in [0.2, 0.25) is 10.0 Å². The van der Waals surface area contributed by atoms with Gasteiger partial charge in [-0.05, 0) is 55.2 Å². The predicted molar refractivity (Wildman–Crippen MR) is 104 cm³/mol. The maximum atomic E-state index is 12.5. The average molecular weight is 372 g/mol. The van der Waals surface area contributed by atoms with Crippen molar-refractivity contribution < 1.29 is 13.2 Å². The highest BCUT2D eigenvalue weighted by Gasteiger charge is 2.28. The highest BCUT2D eigenvalue weighted by atomic mass is 32.2. The maximum Gasteiger partial charge on any atom is 0.251 e. The van der Waals surface area contributed by atoms with Gasteiger partial charge in [0.05, 0.1) is 17.5 Å². The molecule has 0 aromatic heterocycles. The quantitative estimate of drug-likeness (QED) is 0.876. The molecule has 0 bridgehead atoms. The lowest BCUT2D eigenvalue weighted by Gasteiger charge is -2.18. The first-order chi connectivity index (χ1) is 12.4. The Hall–Kier alpha value is -2.34. The van der Waals surface area contributed by atoms with Crippen molar-refractivity contribution in [3.63, 3.8) is 0 Å². The number of rotatable bonds is 5.